The fourth-order valence-electron chi connectivity index (χ4n) is 3.11. The lowest BCUT2D eigenvalue weighted by Gasteiger charge is -2.13. The number of rotatable bonds is 5. The Morgan fingerprint density at radius 1 is 1.19 bits per heavy atom. The van der Waals surface area contributed by atoms with Gasteiger partial charge >= 0.3 is 0 Å². The van der Waals surface area contributed by atoms with Crippen LogP contribution in [0.1, 0.15) is 54.3 Å². The quantitative estimate of drug-likeness (QED) is 0.833. The van der Waals surface area contributed by atoms with Crippen molar-refractivity contribution >= 4 is 27.4 Å². The van der Waals surface area contributed by atoms with Gasteiger partial charge in [-0.2, -0.15) is 0 Å². The smallest absolute Gasteiger partial charge is 0.138 e. The van der Waals surface area contributed by atoms with Crippen LogP contribution < -0.4 is 5.32 Å². The minimum absolute atomic E-state index is 0.221. The van der Waals surface area contributed by atoms with E-state index in [4.69, 9.17) is 15.1 Å². The van der Waals surface area contributed by atoms with Crippen LogP contribution in [0.4, 0.5) is 5.82 Å². The molecule has 2 N–H and O–H groups in total. The summed E-state index contributed by atoms with van der Waals surface area (Å²) in [6.07, 6.45) is 8.16. The molecule has 1 saturated carbocycles. The van der Waals surface area contributed by atoms with Gasteiger partial charge in [0, 0.05) is 23.9 Å². The van der Waals surface area contributed by atoms with E-state index in [-0.39, 0.29) is 6.61 Å². The summed E-state index contributed by atoms with van der Waals surface area (Å²) in [5.41, 5.74) is 1.48. The van der Waals surface area contributed by atoms with Crippen molar-refractivity contribution in [2.45, 2.75) is 50.9 Å². The van der Waals surface area contributed by atoms with Crippen LogP contribution in [0.25, 0.3) is 10.2 Å². The van der Waals surface area contributed by atoms with E-state index >= 15 is 0 Å². The summed E-state index contributed by atoms with van der Waals surface area (Å²) in [5.74, 6) is 2.61. The second-order valence-corrected chi connectivity index (χ2v) is 7.18. The Bertz CT molecular complexity index is 663. The molecule has 2 aliphatic rings. The van der Waals surface area contributed by atoms with Crippen LogP contribution in [0.5, 0.6) is 0 Å². The van der Waals surface area contributed by atoms with Crippen molar-refractivity contribution in [3.05, 3.63) is 16.3 Å². The van der Waals surface area contributed by atoms with Crippen LogP contribution in [0.2, 0.25) is 0 Å². The molecule has 2 aromatic rings. The number of fused-ring (bicyclic) bond motifs is 3. The molecule has 0 amide bonds. The maximum Gasteiger partial charge on any atom is 0.138 e. The zero-order valence-corrected chi connectivity index (χ0v) is 13.0. The Labute approximate surface area is 128 Å². The molecule has 2 heterocycles. The van der Waals surface area contributed by atoms with Crippen LogP contribution in [0.15, 0.2) is 0 Å². The number of nitrogens with zero attached hydrogens (tertiary/aromatic N) is 2. The summed E-state index contributed by atoms with van der Waals surface area (Å²) in [6.45, 7) is 0.996. The van der Waals surface area contributed by atoms with Crippen LogP contribution in [-0.4, -0.2) is 28.2 Å². The molecule has 0 unspecified atom stereocenters. The van der Waals surface area contributed by atoms with Gasteiger partial charge in [0.05, 0.1) is 5.39 Å². The maximum atomic E-state index is 8.99. The highest BCUT2D eigenvalue weighted by Gasteiger charge is 2.29. The lowest BCUT2D eigenvalue weighted by atomic mass is 9.97. The first-order valence-corrected chi connectivity index (χ1v) is 8.85. The highest BCUT2D eigenvalue weighted by atomic mass is 32.1. The van der Waals surface area contributed by atoms with E-state index in [0.717, 1.165) is 31.0 Å². The summed E-state index contributed by atoms with van der Waals surface area (Å²) in [4.78, 5) is 12.4. The molecule has 0 aliphatic heterocycles. The molecule has 21 heavy (non-hydrogen) atoms. The van der Waals surface area contributed by atoms with Gasteiger partial charge in [-0.05, 0) is 50.5 Å². The van der Waals surface area contributed by atoms with Crippen molar-refractivity contribution in [3.8, 4) is 0 Å². The molecule has 1 fully saturated rings. The number of aliphatic hydroxyl groups is 1. The average Bonchev–Trinajstić information content (AvgIpc) is 3.28. The van der Waals surface area contributed by atoms with Gasteiger partial charge in [0.15, 0.2) is 0 Å². The van der Waals surface area contributed by atoms with Crippen LogP contribution in [0, 0.1) is 0 Å². The number of nitrogens with one attached hydrogen (secondary N) is 1. The SMILES string of the molecule is OCCCNc1nc(C2CC2)nc2sc3c(c12)CCCC3. The lowest BCUT2D eigenvalue weighted by Crippen LogP contribution is -2.08. The Hall–Kier alpha value is -1.20. The number of aliphatic hydroxyl groups excluding tert-OH is 1. The van der Waals surface area contributed by atoms with Crippen molar-refractivity contribution in [1.82, 2.24) is 9.97 Å². The molecular weight excluding hydrogens is 282 g/mol. The maximum absolute atomic E-state index is 8.99. The molecule has 112 valence electrons. The summed E-state index contributed by atoms with van der Waals surface area (Å²) in [5, 5.41) is 13.7. The molecule has 0 aromatic carbocycles. The van der Waals surface area contributed by atoms with Gasteiger partial charge in [-0.1, -0.05) is 0 Å². The third-order valence-electron chi connectivity index (χ3n) is 4.40. The zero-order chi connectivity index (χ0) is 14.2. The molecular formula is C16H21N3OS. The molecule has 0 spiro atoms. The number of aryl methyl sites for hydroxylation is 2. The summed E-state index contributed by atoms with van der Waals surface area (Å²) < 4.78 is 0. The molecule has 0 saturated heterocycles. The molecule has 0 atom stereocenters. The van der Waals surface area contributed by atoms with Crippen molar-refractivity contribution in [2.75, 3.05) is 18.5 Å². The van der Waals surface area contributed by atoms with Gasteiger partial charge in [-0.25, -0.2) is 9.97 Å². The monoisotopic (exact) mass is 303 g/mol. The van der Waals surface area contributed by atoms with Gasteiger partial charge in [-0.3, -0.25) is 0 Å². The first-order valence-electron chi connectivity index (χ1n) is 8.03. The third-order valence-corrected chi connectivity index (χ3v) is 5.59. The first-order chi connectivity index (χ1) is 10.4. The Morgan fingerprint density at radius 2 is 2.05 bits per heavy atom. The minimum atomic E-state index is 0.221. The lowest BCUT2D eigenvalue weighted by molar-refractivity contribution is 0.292. The zero-order valence-electron chi connectivity index (χ0n) is 12.2. The fraction of sp³-hybridized carbons (Fsp3) is 0.625. The fourth-order valence-corrected chi connectivity index (χ4v) is 4.38. The molecule has 2 aliphatic carbocycles. The predicted octanol–water partition coefficient (Wildman–Crippen LogP) is 3.24. The highest BCUT2D eigenvalue weighted by molar-refractivity contribution is 7.19. The Kier molecular flexibility index (Phi) is 3.55. The van der Waals surface area contributed by atoms with Crippen LogP contribution in [-0.2, 0) is 12.8 Å². The van der Waals surface area contributed by atoms with E-state index in [9.17, 15) is 0 Å². The van der Waals surface area contributed by atoms with E-state index in [1.54, 1.807) is 0 Å². The largest absolute Gasteiger partial charge is 0.396 e. The first kappa shape index (κ1) is 13.5. The van der Waals surface area contributed by atoms with Crippen molar-refractivity contribution in [1.29, 1.82) is 0 Å². The summed E-state index contributed by atoms with van der Waals surface area (Å²) >= 11 is 1.87. The molecule has 4 nitrogen and oxygen atoms in total. The highest BCUT2D eigenvalue weighted by Crippen LogP contribution is 2.43. The molecule has 2 aromatic heterocycles. The van der Waals surface area contributed by atoms with E-state index in [1.807, 2.05) is 11.3 Å². The van der Waals surface area contributed by atoms with Crippen molar-refractivity contribution in [2.24, 2.45) is 0 Å². The minimum Gasteiger partial charge on any atom is -0.396 e. The number of thiophene rings is 1. The average molecular weight is 303 g/mol. The van der Waals surface area contributed by atoms with Crippen LogP contribution in [0.3, 0.4) is 0 Å². The standard InChI is InChI=1S/C16H21N3OS/c20-9-3-8-17-15-13-11-4-1-2-5-12(11)21-16(13)19-14(18-15)10-6-7-10/h10,20H,1-9H2,(H,17,18,19). The van der Waals surface area contributed by atoms with Gasteiger partial charge in [0.25, 0.3) is 0 Å². The van der Waals surface area contributed by atoms with E-state index in [2.05, 4.69) is 5.32 Å². The molecule has 0 bridgehead atoms. The summed E-state index contributed by atoms with van der Waals surface area (Å²) in [6, 6.07) is 0. The van der Waals surface area contributed by atoms with Gasteiger partial charge in [-0.15, -0.1) is 11.3 Å². The molecule has 4 rings (SSSR count). The van der Waals surface area contributed by atoms with Gasteiger partial charge < -0.3 is 10.4 Å². The molecule has 0 radical (unpaired) electrons. The second-order valence-electron chi connectivity index (χ2n) is 6.10. The Morgan fingerprint density at radius 3 is 2.86 bits per heavy atom. The molecule has 5 heteroatoms. The van der Waals surface area contributed by atoms with Crippen LogP contribution >= 0.6 is 11.3 Å². The normalized spacial score (nSPS) is 18.0. The number of hydrogen-bond acceptors (Lipinski definition) is 5. The third kappa shape index (κ3) is 2.53. The van der Waals surface area contributed by atoms with Crippen molar-refractivity contribution in [3.63, 3.8) is 0 Å². The predicted molar refractivity (Wildman–Crippen MR) is 86.2 cm³/mol. The number of anilines is 1. The number of aromatic nitrogens is 2. The van der Waals surface area contributed by atoms with Gasteiger partial charge in [0.1, 0.15) is 16.5 Å². The van der Waals surface area contributed by atoms with E-state index in [1.165, 1.54) is 52.8 Å². The Balaban J connectivity index is 1.79. The topological polar surface area (TPSA) is 58.0 Å². The second kappa shape index (κ2) is 5.54. The summed E-state index contributed by atoms with van der Waals surface area (Å²) in [7, 11) is 0. The van der Waals surface area contributed by atoms with E-state index in [0.29, 0.717) is 5.92 Å². The van der Waals surface area contributed by atoms with Gasteiger partial charge in [0.2, 0.25) is 0 Å². The van der Waals surface area contributed by atoms with Crippen molar-refractivity contribution < 1.29 is 5.11 Å². The number of hydrogen-bond donors (Lipinski definition) is 2. The van der Waals surface area contributed by atoms with E-state index < -0.39 is 0 Å².